The molecule has 1 fully saturated rings. The highest BCUT2D eigenvalue weighted by Crippen LogP contribution is 2.24. The normalized spacial score (nSPS) is 17.5. The first-order chi connectivity index (χ1) is 13.3. The molecule has 2 N–H and O–H groups in total. The van der Waals surface area contributed by atoms with Crippen LogP contribution in [-0.2, 0) is 4.74 Å². The lowest BCUT2D eigenvalue weighted by molar-refractivity contribution is 0.0159. The van der Waals surface area contributed by atoms with Gasteiger partial charge in [0.15, 0.2) is 5.82 Å². The Morgan fingerprint density at radius 2 is 1.96 bits per heavy atom. The summed E-state index contributed by atoms with van der Waals surface area (Å²) in [5, 5.41) is 0. The van der Waals surface area contributed by atoms with Crippen LogP contribution >= 0.6 is 0 Å². The average Bonchev–Trinajstić information content (AvgIpc) is 2.64. The van der Waals surface area contributed by atoms with E-state index in [1.54, 1.807) is 0 Å². The number of rotatable bonds is 5. The number of ether oxygens (including phenoxy) is 2. The lowest BCUT2D eigenvalue weighted by Crippen LogP contribution is -2.42. The highest BCUT2D eigenvalue weighted by molar-refractivity contribution is 5.76. The summed E-state index contributed by atoms with van der Waals surface area (Å²) >= 11 is 0. The number of nitrogen functional groups attached to an aromatic ring is 1. The molecular formula is C21H30N4O3. The molecule has 2 heterocycles. The summed E-state index contributed by atoms with van der Waals surface area (Å²) in [4.78, 5) is 22.9. The predicted octanol–water partition coefficient (Wildman–Crippen LogP) is 4.02. The average molecular weight is 386 g/mol. The Hall–Kier alpha value is -2.57. The number of nitrogens with two attached hydrogens (primary N) is 1. The van der Waals surface area contributed by atoms with E-state index in [1.165, 1.54) is 0 Å². The lowest BCUT2D eigenvalue weighted by atomic mass is 9.94. The number of hydrogen-bond acceptors (Lipinski definition) is 6. The van der Waals surface area contributed by atoms with Crippen molar-refractivity contribution in [3.8, 4) is 5.88 Å². The Morgan fingerprint density at radius 3 is 2.68 bits per heavy atom. The third-order valence-corrected chi connectivity index (χ3v) is 4.73. The van der Waals surface area contributed by atoms with Gasteiger partial charge in [0.1, 0.15) is 5.60 Å². The van der Waals surface area contributed by atoms with Crippen LogP contribution in [0.4, 0.5) is 10.6 Å². The van der Waals surface area contributed by atoms with Gasteiger partial charge >= 0.3 is 6.09 Å². The number of fused-ring (bicyclic) bond motifs is 1. The van der Waals surface area contributed by atoms with Crippen LogP contribution in [0.3, 0.4) is 0 Å². The van der Waals surface area contributed by atoms with Gasteiger partial charge in [-0.1, -0.05) is 12.1 Å². The molecule has 0 saturated carbocycles. The SMILES string of the molecule is CC(C)(C)OC(=O)N1CCCC(CCCOc2nc3ccccc3nc2N)C1. The molecule has 7 nitrogen and oxygen atoms in total. The molecule has 7 heteroatoms. The second kappa shape index (κ2) is 8.63. The van der Waals surface area contributed by atoms with E-state index in [0.29, 0.717) is 24.2 Å². The highest BCUT2D eigenvalue weighted by atomic mass is 16.6. The molecule has 0 aliphatic carbocycles. The van der Waals surface area contributed by atoms with Crippen LogP contribution in [0.5, 0.6) is 5.88 Å². The third-order valence-electron chi connectivity index (χ3n) is 4.73. The third kappa shape index (κ3) is 5.47. The van der Waals surface area contributed by atoms with Crippen molar-refractivity contribution in [1.82, 2.24) is 14.9 Å². The molecule has 0 bridgehead atoms. The van der Waals surface area contributed by atoms with Crippen LogP contribution in [0, 0.1) is 5.92 Å². The van der Waals surface area contributed by atoms with Gasteiger partial charge in [-0.3, -0.25) is 0 Å². The molecule has 1 aliphatic rings. The van der Waals surface area contributed by atoms with E-state index in [9.17, 15) is 4.79 Å². The smallest absolute Gasteiger partial charge is 0.410 e. The minimum Gasteiger partial charge on any atom is -0.475 e. The van der Waals surface area contributed by atoms with Crippen molar-refractivity contribution in [2.45, 2.75) is 52.1 Å². The molecule has 28 heavy (non-hydrogen) atoms. The summed E-state index contributed by atoms with van der Waals surface area (Å²) in [6.45, 7) is 7.72. The Bertz CT molecular complexity index is 819. The van der Waals surface area contributed by atoms with Gasteiger partial charge in [0.05, 0.1) is 17.6 Å². The summed E-state index contributed by atoms with van der Waals surface area (Å²) in [7, 11) is 0. The number of piperidine rings is 1. The fourth-order valence-corrected chi connectivity index (χ4v) is 3.44. The largest absolute Gasteiger partial charge is 0.475 e. The van der Waals surface area contributed by atoms with Crippen molar-refractivity contribution in [1.29, 1.82) is 0 Å². The molecule has 2 aromatic rings. The molecule has 0 spiro atoms. The standard InChI is InChI=1S/C21H30N4O3/c1-21(2,3)28-20(26)25-12-6-8-15(14-25)9-7-13-27-19-18(22)23-16-10-4-5-11-17(16)24-19/h4-5,10-11,15H,6-9,12-14H2,1-3H3,(H2,22,23). The van der Waals surface area contributed by atoms with Crippen molar-refractivity contribution >= 4 is 22.9 Å². The number of carbonyl (C=O) groups is 1. The highest BCUT2D eigenvalue weighted by Gasteiger charge is 2.27. The maximum atomic E-state index is 12.3. The monoisotopic (exact) mass is 386 g/mol. The first-order valence-electron chi connectivity index (χ1n) is 9.95. The molecule has 1 unspecified atom stereocenters. The summed E-state index contributed by atoms with van der Waals surface area (Å²) in [6.07, 6.45) is 3.78. The van der Waals surface area contributed by atoms with Crippen molar-refractivity contribution in [3.05, 3.63) is 24.3 Å². The molecule has 1 saturated heterocycles. The summed E-state index contributed by atoms with van der Waals surface area (Å²) < 4.78 is 11.3. The number of amides is 1. The van der Waals surface area contributed by atoms with Crippen molar-refractivity contribution in [2.75, 3.05) is 25.4 Å². The second-order valence-electron chi connectivity index (χ2n) is 8.33. The fourth-order valence-electron chi connectivity index (χ4n) is 3.44. The van der Waals surface area contributed by atoms with E-state index in [1.807, 2.05) is 49.9 Å². The molecule has 3 rings (SSSR count). The first-order valence-corrected chi connectivity index (χ1v) is 9.95. The Kier molecular flexibility index (Phi) is 6.21. The van der Waals surface area contributed by atoms with Gasteiger partial charge in [-0.25, -0.2) is 14.8 Å². The quantitative estimate of drug-likeness (QED) is 0.781. The topological polar surface area (TPSA) is 90.6 Å². The lowest BCUT2D eigenvalue weighted by Gasteiger charge is -2.34. The Morgan fingerprint density at radius 1 is 1.25 bits per heavy atom. The zero-order valence-electron chi connectivity index (χ0n) is 17.0. The van der Waals surface area contributed by atoms with Gasteiger partial charge in [0.25, 0.3) is 5.88 Å². The van der Waals surface area contributed by atoms with Crippen molar-refractivity contribution in [2.24, 2.45) is 5.92 Å². The van der Waals surface area contributed by atoms with E-state index in [-0.39, 0.29) is 6.09 Å². The number of anilines is 1. The van der Waals surface area contributed by atoms with Gasteiger partial charge in [-0.2, -0.15) is 0 Å². The van der Waals surface area contributed by atoms with Crippen molar-refractivity contribution < 1.29 is 14.3 Å². The molecule has 1 atom stereocenters. The molecule has 1 aliphatic heterocycles. The van der Waals surface area contributed by atoms with Gasteiger partial charge in [-0.05, 0) is 64.5 Å². The Balaban J connectivity index is 1.46. The maximum Gasteiger partial charge on any atom is 0.410 e. The molecule has 1 amide bonds. The molecule has 0 radical (unpaired) electrons. The van der Waals surface area contributed by atoms with E-state index in [4.69, 9.17) is 15.2 Å². The number of nitrogens with zero attached hydrogens (tertiary/aromatic N) is 3. The van der Waals surface area contributed by atoms with Crippen LogP contribution in [-0.4, -0.2) is 46.3 Å². The molecular weight excluding hydrogens is 356 g/mol. The van der Waals surface area contributed by atoms with E-state index in [2.05, 4.69) is 9.97 Å². The summed E-state index contributed by atoms with van der Waals surface area (Å²) in [5.74, 6) is 1.16. The van der Waals surface area contributed by atoms with Crippen LogP contribution in [0.2, 0.25) is 0 Å². The zero-order valence-corrected chi connectivity index (χ0v) is 17.0. The number of carbonyl (C=O) groups excluding carboxylic acids is 1. The van der Waals surface area contributed by atoms with E-state index < -0.39 is 5.60 Å². The minimum atomic E-state index is -0.460. The summed E-state index contributed by atoms with van der Waals surface area (Å²) in [5.41, 5.74) is 7.03. The van der Waals surface area contributed by atoms with Gasteiger partial charge in [0.2, 0.25) is 0 Å². The first kappa shape index (κ1) is 20.2. The fraction of sp³-hybridized carbons (Fsp3) is 0.571. The molecule has 1 aromatic heterocycles. The van der Waals surface area contributed by atoms with Crippen LogP contribution in [0.25, 0.3) is 11.0 Å². The Labute approximate surface area is 166 Å². The van der Waals surface area contributed by atoms with Gasteiger partial charge in [-0.15, -0.1) is 0 Å². The van der Waals surface area contributed by atoms with Crippen molar-refractivity contribution in [3.63, 3.8) is 0 Å². The second-order valence-corrected chi connectivity index (χ2v) is 8.33. The minimum absolute atomic E-state index is 0.215. The summed E-state index contributed by atoms with van der Waals surface area (Å²) in [6, 6.07) is 7.59. The van der Waals surface area contributed by atoms with Crippen LogP contribution in [0.1, 0.15) is 46.5 Å². The predicted molar refractivity (Wildman–Crippen MR) is 109 cm³/mol. The molecule has 152 valence electrons. The number of likely N-dealkylation sites (tertiary alicyclic amines) is 1. The number of benzene rings is 1. The van der Waals surface area contributed by atoms with Gasteiger partial charge in [0, 0.05) is 13.1 Å². The molecule has 1 aromatic carbocycles. The number of para-hydroxylation sites is 2. The zero-order chi connectivity index (χ0) is 20.1. The number of aromatic nitrogens is 2. The van der Waals surface area contributed by atoms with E-state index >= 15 is 0 Å². The van der Waals surface area contributed by atoms with Gasteiger partial charge < -0.3 is 20.1 Å². The number of hydrogen-bond donors (Lipinski definition) is 1. The van der Waals surface area contributed by atoms with Crippen LogP contribution < -0.4 is 10.5 Å². The van der Waals surface area contributed by atoms with E-state index in [0.717, 1.165) is 49.8 Å². The maximum absolute atomic E-state index is 12.3. The van der Waals surface area contributed by atoms with Crippen LogP contribution in [0.15, 0.2) is 24.3 Å².